The summed E-state index contributed by atoms with van der Waals surface area (Å²) in [6.07, 6.45) is 2.17. The van der Waals surface area contributed by atoms with Crippen LogP contribution in [0.4, 0.5) is 0 Å². The maximum atomic E-state index is 5.44. The Morgan fingerprint density at radius 1 is 1.19 bits per heavy atom. The second-order valence-electron chi connectivity index (χ2n) is 3.90. The number of hydrogen-bond acceptors (Lipinski definition) is 3. The second kappa shape index (κ2) is 5.99. The first kappa shape index (κ1) is 11.6. The molecule has 0 spiro atoms. The van der Waals surface area contributed by atoms with Gasteiger partial charge < -0.3 is 11.1 Å². The predicted octanol–water partition coefficient (Wildman–Crippen LogP) is 2.38. The number of thiophene rings is 1. The molecule has 0 aliphatic carbocycles. The largest absolute Gasteiger partial charge is 0.330 e. The maximum absolute atomic E-state index is 5.44. The van der Waals surface area contributed by atoms with E-state index in [0.29, 0.717) is 0 Å². The Morgan fingerprint density at radius 2 is 2.06 bits per heavy atom. The summed E-state index contributed by atoms with van der Waals surface area (Å²) in [7, 11) is 0. The molecule has 1 aromatic heterocycles. The van der Waals surface area contributed by atoms with Gasteiger partial charge >= 0.3 is 0 Å². The van der Waals surface area contributed by atoms with E-state index in [-0.39, 0.29) is 0 Å². The molecule has 0 saturated carbocycles. The molecule has 1 aromatic carbocycles. The predicted molar refractivity (Wildman–Crippen MR) is 72.1 cm³/mol. The van der Waals surface area contributed by atoms with Gasteiger partial charge in [-0.05, 0) is 54.9 Å². The summed E-state index contributed by atoms with van der Waals surface area (Å²) in [5, 5.41) is 7.10. The van der Waals surface area contributed by atoms with Crippen molar-refractivity contribution in [3.05, 3.63) is 35.2 Å². The van der Waals surface area contributed by atoms with Crippen molar-refractivity contribution in [3.63, 3.8) is 0 Å². The normalized spacial score (nSPS) is 11.1. The summed E-state index contributed by atoms with van der Waals surface area (Å²) >= 11 is 1.83. The highest BCUT2D eigenvalue weighted by molar-refractivity contribution is 7.17. The van der Waals surface area contributed by atoms with Gasteiger partial charge in [0.25, 0.3) is 0 Å². The molecule has 0 radical (unpaired) electrons. The highest BCUT2D eigenvalue weighted by Crippen LogP contribution is 2.25. The quantitative estimate of drug-likeness (QED) is 0.753. The second-order valence-corrected chi connectivity index (χ2v) is 4.81. The van der Waals surface area contributed by atoms with Crippen LogP contribution in [0.2, 0.25) is 0 Å². The Morgan fingerprint density at radius 3 is 2.94 bits per heavy atom. The lowest BCUT2D eigenvalue weighted by atomic mass is 10.1. The lowest BCUT2D eigenvalue weighted by Gasteiger charge is -2.02. The number of fused-ring (bicyclic) bond motifs is 1. The molecule has 16 heavy (non-hydrogen) atoms. The number of nitrogens with two attached hydrogens (primary N) is 1. The highest BCUT2D eigenvalue weighted by Gasteiger charge is 2.02. The maximum Gasteiger partial charge on any atom is 0.0345 e. The van der Waals surface area contributed by atoms with Gasteiger partial charge in [-0.1, -0.05) is 18.2 Å². The average molecular weight is 234 g/mol. The fourth-order valence-corrected chi connectivity index (χ4v) is 2.80. The summed E-state index contributed by atoms with van der Waals surface area (Å²) in [4.78, 5) is 0. The number of nitrogens with one attached hydrogen (secondary N) is 1. The Kier molecular flexibility index (Phi) is 4.34. The zero-order chi connectivity index (χ0) is 11.2. The molecule has 0 fully saturated rings. The summed E-state index contributed by atoms with van der Waals surface area (Å²) < 4.78 is 1.39. The van der Waals surface area contributed by atoms with Crippen LogP contribution in [0.3, 0.4) is 0 Å². The smallest absolute Gasteiger partial charge is 0.0345 e. The van der Waals surface area contributed by atoms with Crippen molar-refractivity contribution in [2.24, 2.45) is 5.73 Å². The molecule has 2 aromatic rings. The minimum Gasteiger partial charge on any atom is -0.330 e. The van der Waals surface area contributed by atoms with Gasteiger partial charge in [0.05, 0.1) is 0 Å². The Bertz CT molecular complexity index is 436. The number of hydrogen-bond donors (Lipinski definition) is 2. The van der Waals surface area contributed by atoms with Gasteiger partial charge in [0.15, 0.2) is 0 Å². The molecule has 3 N–H and O–H groups in total. The molecule has 0 aliphatic rings. The molecule has 0 aliphatic heterocycles. The van der Waals surface area contributed by atoms with E-state index in [1.54, 1.807) is 0 Å². The van der Waals surface area contributed by atoms with Gasteiger partial charge in [-0.3, -0.25) is 0 Å². The lowest BCUT2D eigenvalue weighted by molar-refractivity contribution is 0.654. The minimum absolute atomic E-state index is 0.772. The SMILES string of the molecule is NCCCNCCc1csc2ccccc12. The van der Waals surface area contributed by atoms with Crippen LogP contribution in [-0.2, 0) is 6.42 Å². The molecule has 1 heterocycles. The van der Waals surface area contributed by atoms with Crippen molar-refractivity contribution in [2.75, 3.05) is 19.6 Å². The van der Waals surface area contributed by atoms with E-state index in [4.69, 9.17) is 5.73 Å². The van der Waals surface area contributed by atoms with Crippen LogP contribution in [0.25, 0.3) is 10.1 Å². The molecule has 0 unspecified atom stereocenters. The van der Waals surface area contributed by atoms with E-state index in [0.717, 1.165) is 32.5 Å². The van der Waals surface area contributed by atoms with Crippen molar-refractivity contribution in [1.29, 1.82) is 0 Å². The van der Waals surface area contributed by atoms with Crippen LogP contribution < -0.4 is 11.1 Å². The van der Waals surface area contributed by atoms with E-state index in [9.17, 15) is 0 Å². The summed E-state index contributed by atoms with van der Waals surface area (Å²) in [5.74, 6) is 0. The molecule has 0 atom stereocenters. The van der Waals surface area contributed by atoms with Crippen LogP contribution in [0.5, 0.6) is 0 Å². The average Bonchev–Trinajstić information content (AvgIpc) is 2.73. The topological polar surface area (TPSA) is 38.0 Å². The van der Waals surface area contributed by atoms with Gasteiger partial charge in [0.1, 0.15) is 0 Å². The first-order chi connectivity index (χ1) is 7.92. The fraction of sp³-hybridized carbons (Fsp3) is 0.385. The monoisotopic (exact) mass is 234 g/mol. The third-order valence-corrected chi connectivity index (χ3v) is 3.70. The summed E-state index contributed by atoms with van der Waals surface area (Å²) in [5.41, 5.74) is 6.90. The van der Waals surface area contributed by atoms with Gasteiger partial charge in [-0.15, -0.1) is 11.3 Å². The van der Waals surface area contributed by atoms with Crippen LogP contribution in [0.15, 0.2) is 29.6 Å². The minimum atomic E-state index is 0.772. The zero-order valence-electron chi connectivity index (χ0n) is 9.41. The van der Waals surface area contributed by atoms with Crippen molar-refractivity contribution >= 4 is 21.4 Å². The third-order valence-electron chi connectivity index (χ3n) is 2.69. The number of rotatable bonds is 6. The van der Waals surface area contributed by atoms with Crippen LogP contribution in [0.1, 0.15) is 12.0 Å². The van der Waals surface area contributed by atoms with Crippen molar-refractivity contribution in [2.45, 2.75) is 12.8 Å². The first-order valence-electron chi connectivity index (χ1n) is 5.77. The van der Waals surface area contributed by atoms with E-state index in [1.807, 2.05) is 11.3 Å². The number of benzene rings is 1. The van der Waals surface area contributed by atoms with Gasteiger partial charge in [-0.25, -0.2) is 0 Å². The van der Waals surface area contributed by atoms with E-state index in [2.05, 4.69) is 35.0 Å². The van der Waals surface area contributed by atoms with Crippen molar-refractivity contribution in [1.82, 2.24) is 5.32 Å². The molecule has 0 saturated heterocycles. The molecule has 2 nitrogen and oxygen atoms in total. The first-order valence-corrected chi connectivity index (χ1v) is 6.65. The van der Waals surface area contributed by atoms with E-state index >= 15 is 0 Å². The highest BCUT2D eigenvalue weighted by atomic mass is 32.1. The molecule has 0 bridgehead atoms. The molecule has 0 amide bonds. The van der Waals surface area contributed by atoms with E-state index < -0.39 is 0 Å². The lowest BCUT2D eigenvalue weighted by Crippen LogP contribution is -2.20. The fourth-order valence-electron chi connectivity index (χ4n) is 1.80. The summed E-state index contributed by atoms with van der Waals surface area (Å²) in [6, 6.07) is 8.61. The van der Waals surface area contributed by atoms with Gasteiger partial charge in [-0.2, -0.15) is 0 Å². The van der Waals surface area contributed by atoms with Crippen LogP contribution in [0, 0.1) is 0 Å². The standard InChI is InChI=1S/C13H18N2S/c14-7-3-8-15-9-6-11-10-16-13-5-2-1-4-12(11)13/h1-2,4-5,10,15H,3,6-9,14H2. The van der Waals surface area contributed by atoms with Crippen LogP contribution in [-0.4, -0.2) is 19.6 Å². The van der Waals surface area contributed by atoms with Crippen molar-refractivity contribution in [3.8, 4) is 0 Å². The molecule has 2 rings (SSSR count). The molecule has 3 heteroatoms. The summed E-state index contributed by atoms with van der Waals surface area (Å²) in [6.45, 7) is 2.84. The Labute approximate surface area is 100 Å². The third kappa shape index (κ3) is 2.82. The molecular formula is C13H18N2S. The van der Waals surface area contributed by atoms with E-state index in [1.165, 1.54) is 15.6 Å². The Hall–Kier alpha value is -0.900. The molecule has 86 valence electrons. The molecular weight excluding hydrogens is 216 g/mol. The van der Waals surface area contributed by atoms with Gasteiger partial charge in [0, 0.05) is 4.70 Å². The Balaban J connectivity index is 1.89. The van der Waals surface area contributed by atoms with Crippen LogP contribution >= 0.6 is 11.3 Å². The zero-order valence-corrected chi connectivity index (χ0v) is 10.2. The van der Waals surface area contributed by atoms with Crippen molar-refractivity contribution < 1.29 is 0 Å². The van der Waals surface area contributed by atoms with Gasteiger partial charge in [0.2, 0.25) is 0 Å².